The standard InChI is InChI=1S/C23H13Br2Cl2N5O2S3/c24-10-1-4-15(26)13(7-10)19(33)30-21(35)28-12-3-6-17-18(9-12)37-23(29-17)32-22(36)31-20(34)14-8-11(25)2-5-16(14)27/h1-9H,(H2,28,30,33,35)(H2,29,31,32,34,36). The van der Waals surface area contributed by atoms with Crippen molar-refractivity contribution in [2.75, 3.05) is 10.6 Å². The molecule has 1 aromatic heterocycles. The molecule has 0 spiro atoms. The van der Waals surface area contributed by atoms with Crippen LogP contribution in [0.1, 0.15) is 20.7 Å². The van der Waals surface area contributed by atoms with Crippen molar-refractivity contribution in [2.24, 2.45) is 0 Å². The third kappa shape index (κ3) is 7.23. The second-order valence-corrected chi connectivity index (χ2v) is 11.8. The number of anilines is 2. The zero-order valence-electron chi connectivity index (χ0n) is 18.2. The number of rotatable bonds is 4. The summed E-state index contributed by atoms with van der Waals surface area (Å²) < 4.78 is 2.25. The summed E-state index contributed by atoms with van der Waals surface area (Å²) in [5, 5.41) is 12.4. The van der Waals surface area contributed by atoms with Gasteiger partial charge in [0.2, 0.25) is 0 Å². The number of carbonyl (C=O) groups excluding carboxylic acids is 2. The van der Waals surface area contributed by atoms with E-state index in [1.54, 1.807) is 48.5 Å². The quantitative estimate of drug-likeness (QED) is 0.164. The second kappa shape index (κ2) is 12.1. The molecule has 37 heavy (non-hydrogen) atoms. The first kappa shape index (κ1) is 27.8. The van der Waals surface area contributed by atoms with E-state index in [0.717, 1.165) is 9.17 Å². The summed E-state index contributed by atoms with van der Waals surface area (Å²) in [6, 6.07) is 15.3. The van der Waals surface area contributed by atoms with Gasteiger partial charge < -0.3 is 10.6 Å². The van der Waals surface area contributed by atoms with Crippen molar-refractivity contribution in [3.05, 3.63) is 84.7 Å². The van der Waals surface area contributed by atoms with Crippen LogP contribution in [0.2, 0.25) is 10.0 Å². The fourth-order valence-corrected chi connectivity index (χ4v) is 5.53. The minimum Gasteiger partial charge on any atom is -0.332 e. The zero-order chi connectivity index (χ0) is 26.7. The van der Waals surface area contributed by atoms with Crippen LogP contribution in [0.15, 0.2) is 63.5 Å². The molecule has 0 aliphatic heterocycles. The second-order valence-electron chi connectivity index (χ2n) is 7.27. The van der Waals surface area contributed by atoms with Crippen LogP contribution in [0.3, 0.4) is 0 Å². The molecule has 4 N–H and O–H groups in total. The molecule has 7 nitrogen and oxygen atoms in total. The van der Waals surface area contributed by atoms with E-state index in [1.165, 1.54) is 11.3 Å². The van der Waals surface area contributed by atoms with Gasteiger partial charge in [-0.3, -0.25) is 20.2 Å². The van der Waals surface area contributed by atoms with Crippen molar-refractivity contribution in [1.82, 2.24) is 15.6 Å². The van der Waals surface area contributed by atoms with Crippen molar-refractivity contribution in [3.63, 3.8) is 0 Å². The molecule has 0 radical (unpaired) electrons. The molecule has 0 bridgehead atoms. The highest BCUT2D eigenvalue weighted by molar-refractivity contribution is 9.10. The highest BCUT2D eigenvalue weighted by Gasteiger charge is 2.15. The van der Waals surface area contributed by atoms with Gasteiger partial charge in [-0.2, -0.15) is 0 Å². The van der Waals surface area contributed by atoms with Gasteiger partial charge in [0.15, 0.2) is 15.4 Å². The first-order valence-corrected chi connectivity index (χ1v) is 14.1. The SMILES string of the molecule is O=C(NC(=S)Nc1ccc2nc(NC(=S)NC(=O)c3cc(Br)ccc3Cl)sc2c1)c1cc(Br)ccc1Cl. The van der Waals surface area contributed by atoms with Crippen LogP contribution in [0, 0.1) is 0 Å². The summed E-state index contributed by atoms with van der Waals surface area (Å²) in [7, 11) is 0. The zero-order valence-corrected chi connectivity index (χ0v) is 25.3. The molecule has 0 unspecified atom stereocenters. The Kier molecular flexibility index (Phi) is 9.11. The van der Waals surface area contributed by atoms with Crippen molar-refractivity contribution in [3.8, 4) is 0 Å². The van der Waals surface area contributed by atoms with E-state index in [4.69, 9.17) is 47.6 Å². The van der Waals surface area contributed by atoms with E-state index >= 15 is 0 Å². The number of thiocarbonyl (C=S) groups is 2. The molecule has 3 aromatic carbocycles. The van der Waals surface area contributed by atoms with Crippen LogP contribution in [-0.4, -0.2) is 27.0 Å². The Bertz CT molecular complexity index is 1500. The van der Waals surface area contributed by atoms with E-state index in [2.05, 4.69) is 58.1 Å². The largest absolute Gasteiger partial charge is 0.332 e. The molecule has 0 saturated carbocycles. The minimum absolute atomic E-state index is 0.0774. The molecule has 188 valence electrons. The number of aromatic nitrogens is 1. The first-order chi connectivity index (χ1) is 17.6. The van der Waals surface area contributed by atoms with Gasteiger partial charge in [-0.15, -0.1) is 0 Å². The van der Waals surface area contributed by atoms with Gasteiger partial charge in [0, 0.05) is 14.6 Å². The van der Waals surface area contributed by atoms with Crippen LogP contribution in [0.5, 0.6) is 0 Å². The van der Waals surface area contributed by atoms with E-state index in [9.17, 15) is 9.59 Å². The highest BCUT2D eigenvalue weighted by Crippen LogP contribution is 2.29. The maximum absolute atomic E-state index is 12.5. The van der Waals surface area contributed by atoms with Crippen LogP contribution in [0.25, 0.3) is 10.2 Å². The van der Waals surface area contributed by atoms with Crippen LogP contribution in [-0.2, 0) is 0 Å². The third-order valence-electron chi connectivity index (χ3n) is 4.67. The van der Waals surface area contributed by atoms with Crippen LogP contribution in [0.4, 0.5) is 10.8 Å². The Morgan fingerprint density at radius 3 is 1.89 bits per heavy atom. The normalized spacial score (nSPS) is 10.6. The molecule has 0 aliphatic carbocycles. The smallest absolute Gasteiger partial charge is 0.258 e. The number of halogens is 4. The molecule has 0 aliphatic rings. The first-order valence-electron chi connectivity index (χ1n) is 10.1. The summed E-state index contributed by atoms with van der Waals surface area (Å²) >= 11 is 30.7. The maximum Gasteiger partial charge on any atom is 0.258 e. The van der Waals surface area contributed by atoms with Crippen LogP contribution < -0.4 is 21.3 Å². The van der Waals surface area contributed by atoms with Gasteiger partial charge in [0.1, 0.15) is 0 Å². The third-order valence-corrected chi connectivity index (χ3v) is 7.65. The Hall–Kier alpha value is -2.19. The molecule has 0 saturated heterocycles. The molecule has 2 amide bonds. The number of fused-ring (bicyclic) bond motifs is 1. The molecule has 1 heterocycles. The van der Waals surface area contributed by atoms with Gasteiger partial charge in [-0.25, -0.2) is 4.98 Å². The lowest BCUT2D eigenvalue weighted by atomic mass is 10.2. The number of hydrogen-bond acceptors (Lipinski definition) is 6. The summed E-state index contributed by atoms with van der Waals surface area (Å²) in [5.74, 6) is -0.884. The van der Waals surface area contributed by atoms with Gasteiger partial charge in [0.25, 0.3) is 11.8 Å². The summed E-state index contributed by atoms with van der Waals surface area (Å²) in [5.41, 5.74) is 1.93. The van der Waals surface area contributed by atoms with Crippen molar-refractivity contribution in [2.45, 2.75) is 0 Å². The van der Waals surface area contributed by atoms with Crippen LogP contribution >= 0.6 is 90.8 Å². The topological polar surface area (TPSA) is 95.2 Å². The summed E-state index contributed by atoms with van der Waals surface area (Å²) in [4.78, 5) is 29.5. The molecule has 14 heteroatoms. The minimum atomic E-state index is -0.448. The number of amides is 2. The number of nitrogens with zero attached hydrogens (tertiary/aromatic N) is 1. The highest BCUT2D eigenvalue weighted by atomic mass is 79.9. The number of nitrogens with one attached hydrogen (secondary N) is 4. The lowest BCUT2D eigenvalue weighted by Crippen LogP contribution is -2.34. The van der Waals surface area contributed by atoms with E-state index < -0.39 is 11.8 Å². The predicted octanol–water partition coefficient (Wildman–Crippen LogP) is 7.38. The predicted molar refractivity (Wildman–Crippen MR) is 165 cm³/mol. The Balaban J connectivity index is 1.39. The monoisotopic (exact) mass is 715 g/mol. The van der Waals surface area contributed by atoms with Gasteiger partial charge in [0.05, 0.1) is 31.4 Å². The number of carbonyl (C=O) groups is 2. The lowest BCUT2D eigenvalue weighted by molar-refractivity contribution is 0.0969. The van der Waals surface area contributed by atoms with E-state index in [0.29, 0.717) is 36.4 Å². The molecule has 0 atom stereocenters. The Morgan fingerprint density at radius 2 is 1.32 bits per heavy atom. The molecule has 4 aromatic rings. The van der Waals surface area contributed by atoms with Crippen molar-refractivity contribution in [1.29, 1.82) is 0 Å². The average Bonchev–Trinajstić information content (AvgIpc) is 3.23. The van der Waals surface area contributed by atoms with Gasteiger partial charge in [-0.05, 0) is 79.0 Å². The van der Waals surface area contributed by atoms with Crippen molar-refractivity contribution < 1.29 is 9.59 Å². The van der Waals surface area contributed by atoms with E-state index in [1.807, 2.05) is 6.07 Å². The van der Waals surface area contributed by atoms with Gasteiger partial charge >= 0.3 is 0 Å². The van der Waals surface area contributed by atoms with E-state index in [-0.39, 0.29) is 15.8 Å². The maximum atomic E-state index is 12.5. The number of thiazole rings is 1. The van der Waals surface area contributed by atoms with Crippen molar-refractivity contribution >= 4 is 134 Å². The lowest BCUT2D eigenvalue weighted by Gasteiger charge is -2.10. The number of hydrogen-bond donors (Lipinski definition) is 4. The van der Waals surface area contributed by atoms with Gasteiger partial charge in [-0.1, -0.05) is 66.4 Å². The molecular weight excluding hydrogens is 705 g/mol. The Labute approximate surface area is 252 Å². The summed E-state index contributed by atoms with van der Waals surface area (Å²) in [6.45, 7) is 0. The molecule has 4 rings (SSSR count). The fraction of sp³-hybridized carbons (Fsp3) is 0. The number of benzene rings is 3. The fourth-order valence-electron chi connectivity index (χ4n) is 3.03. The molecule has 0 fully saturated rings. The summed E-state index contributed by atoms with van der Waals surface area (Å²) in [6.07, 6.45) is 0. The molecular formula is C23H13Br2Cl2N5O2S3. The Morgan fingerprint density at radius 1 is 0.784 bits per heavy atom. The average molecular weight is 718 g/mol.